The number of amides is 1. The van der Waals surface area contributed by atoms with Gasteiger partial charge in [0.05, 0.1) is 6.10 Å². The van der Waals surface area contributed by atoms with Crippen LogP contribution in [0.4, 0.5) is 10.2 Å². The molecule has 1 aromatic rings. The highest BCUT2D eigenvalue weighted by atomic mass is 19.1. The third-order valence-electron chi connectivity index (χ3n) is 1.58. The first kappa shape index (κ1) is 11.2. The lowest BCUT2D eigenvalue weighted by molar-refractivity contribution is 0.0993. The van der Waals surface area contributed by atoms with E-state index in [0.29, 0.717) is 0 Å². The van der Waals surface area contributed by atoms with Gasteiger partial charge in [0, 0.05) is 0 Å². The fourth-order valence-corrected chi connectivity index (χ4v) is 0.975. The normalized spacial score (nSPS) is 10.4. The lowest BCUT2D eigenvalue weighted by Gasteiger charge is -2.12. The number of anilines is 1. The Labute approximate surface area is 86.2 Å². The number of nitrogens with two attached hydrogens (primary N) is 2. The first-order chi connectivity index (χ1) is 6.91. The Morgan fingerprint density at radius 3 is 2.67 bits per heavy atom. The SMILES string of the molecule is CC(C)Oc1nc(N)c(F)cc1C(N)=O. The molecule has 0 atom stereocenters. The van der Waals surface area contributed by atoms with E-state index in [4.69, 9.17) is 16.2 Å². The van der Waals surface area contributed by atoms with Crippen molar-refractivity contribution < 1.29 is 13.9 Å². The molecule has 1 heterocycles. The summed E-state index contributed by atoms with van der Waals surface area (Å²) < 4.78 is 18.2. The van der Waals surface area contributed by atoms with Gasteiger partial charge in [-0.05, 0) is 19.9 Å². The standard InChI is InChI=1S/C9H12FN3O2/c1-4(2)15-9-5(8(12)14)3-6(10)7(11)13-9/h3-4H,1-2H3,(H2,11,13)(H2,12,14). The highest BCUT2D eigenvalue weighted by molar-refractivity contribution is 5.95. The molecule has 1 aromatic heterocycles. The number of nitrogens with zero attached hydrogens (tertiary/aromatic N) is 1. The van der Waals surface area contributed by atoms with Gasteiger partial charge in [0.2, 0.25) is 5.88 Å². The molecule has 0 spiro atoms. The van der Waals surface area contributed by atoms with Crippen molar-refractivity contribution in [3.8, 4) is 5.88 Å². The van der Waals surface area contributed by atoms with Crippen LogP contribution in [0.15, 0.2) is 6.07 Å². The number of nitrogen functional groups attached to an aromatic ring is 1. The molecule has 0 saturated carbocycles. The van der Waals surface area contributed by atoms with Gasteiger partial charge in [0.25, 0.3) is 5.91 Å². The molecule has 1 amide bonds. The van der Waals surface area contributed by atoms with Gasteiger partial charge in [0.1, 0.15) is 5.56 Å². The van der Waals surface area contributed by atoms with Gasteiger partial charge in [-0.15, -0.1) is 0 Å². The van der Waals surface area contributed by atoms with E-state index in [1.165, 1.54) is 0 Å². The Morgan fingerprint density at radius 1 is 1.60 bits per heavy atom. The van der Waals surface area contributed by atoms with Gasteiger partial charge < -0.3 is 16.2 Å². The van der Waals surface area contributed by atoms with Crippen LogP contribution in [0.1, 0.15) is 24.2 Å². The minimum absolute atomic E-state index is 0.0450. The van der Waals surface area contributed by atoms with Crippen molar-refractivity contribution in [3.05, 3.63) is 17.4 Å². The number of aromatic nitrogens is 1. The summed E-state index contributed by atoms with van der Waals surface area (Å²) in [6, 6.07) is 0.919. The average Bonchev–Trinajstić information content (AvgIpc) is 2.09. The van der Waals surface area contributed by atoms with Gasteiger partial charge in [-0.25, -0.2) is 4.39 Å². The van der Waals surface area contributed by atoms with Crippen molar-refractivity contribution in [1.29, 1.82) is 0 Å². The maximum atomic E-state index is 13.0. The van der Waals surface area contributed by atoms with E-state index in [2.05, 4.69) is 4.98 Å². The Morgan fingerprint density at radius 2 is 2.20 bits per heavy atom. The maximum Gasteiger partial charge on any atom is 0.254 e. The maximum absolute atomic E-state index is 13.0. The first-order valence-corrected chi connectivity index (χ1v) is 4.34. The molecule has 0 fully saturated rings. The second-order valence-corrected chi connectivity index (χ2v) is 3.24. The van der Waals surface area contributed by atoms with Crippen molar-refractivity contribution >= 4 is 11.7 Å². The van der Waals surface area contributed by atoms with E-state index >= 15 is 0 Å². The Hall–Kier alpha value is -1.85. The molecule has 15 heavy (non-hydrogen) atoms. The highest BCUT2D eigenvalue weighted by Gasteiger charge is 2.16. The van der Waals surface area contributed by atoms with Crippen molar-refractivity contribution in [3.63, 3.8) is 0 Å². The number of carbonyl (C=O) groups excluding carboxylic acids is 1. The fraction of sp³-hybridized carbons (Fsp3) is 0.333. The van der Waals surface area contributed by atoms with Crippen LogP contribution in [0.2, 0.25) is 0 Å². The topological polar surface area (TPSA) is 91.2 Å². The number of primary amides is 1. The zero-order chi connectivity index (χ0) is 11.6. The summed E-state index contributed by atoms with van der Waals surface area (Å²) in [5.74, 6) is -1.97. The van der Waals surface area contributed by atoms with E-state index in [0.717, 1.165) is 6.07 Å². The summed E-state index contributed by atoms with van der Waals surface area (Å²) in [7, 11) is 0. The number of hydrogen-bond donors (Lipinski definition) is 2. The summed E-state index contributed by atoms with van der Waals surface area (Å²) in [6.07, 6.45) is -0.208. The van der Waals surface area contributed by atoms with Crippen LogP contribution in [0.3, 0.4) is 0 Å². The van der Waals surface area contributed by atoms with E-state index < -0.39 is 11.7 Å². The van der Waals surface area contributed by atoms with Gasteiger partial charge in [-0.3, -0.25) is 4.79 Å². The third kappa shape index (κ3) is 2.55. The Bertz CT molecular complexity index is 393. The van der Waals surface area contributed by atoms with Crippen molar-refractivity contribution in [2.45, 2.75) is 20.0 Å². The zero-order valence-electron chi connectivity index (χ0n) is 8.45. The van der Waals surface area contributed by atoms with Crippen molar-refractivity contribution in [2.75, 3.05) is 5.73 Å². The van der Waals surface area contributed by atoms with Crippen molar-refractivity contribution in [1.82, 2.24) is 4.98 Å². The first-order valence-electron chi connectivity index (χ1n) is 4.34. The number of pyridine rings is 1. The molecule has 0 radical (unpaired) electrons. The minimum Gasteiger partial charge on any atom is -0.474 e. The van der Waals surface area contributed by atoms with E-state index in [1.54, 1.807) is 13.8 Å². The molecule has 0 aromatic carbocycles. The lowest BCUT2D eigenvalue weighted by Crippen LogP contribution is -2.18. The van der Waals surface area contributed by atoms with E-state index in [-0.39, 0.29) is 23.4 Å². The molecule has 0 aliphatic rings. The van der Waals surface area contributed by atoms with E-state index in [9.17, 15) is 9.18 Å². The summed E-state index contributed by atoms with van der Waals surface area (Å²) >= 11 is 0. The van der Waals surface area contributed by atoms with Crippen LogP contribution < -0.4 is 16.2 Å². The summed E-state index contributed by atoms with van der Waals surface area (Å²) in [5.41, 5.74) is 10.2. The second-order valence-electron chi connectivity index (χ2n) is 3.24. The van der Waals surface area contributed by atoms with Crippen LogP contribution in [-0.4, -0.2) is 17.0 Å². The third-order valence-corrected chi connectivity index (χ3v) is 1.58. The molecule has 1 rings (SSSR count). The molecule has 4 N–H and O–H groups in total. The number of rotatable bonds is 3. The smallest absolute Gasteiger partial charge is 0.254 e. The fourth-order valence-electron chi connectivity index (χ4n) is 0.975. The second kappa shape index (κ2) is 4.12. The quantitative estimate of drug-likeness (QED) is 0.772. The van der Waals surface area contributed by atoms with Crippen LogP contribution in [0.25, 0.3) is 0 Å². The highest BCUT2D eigenvalue weighted by Crippen LogP contribution is 2.20. The number of carbonyl (C=O) groups is 1. The zero-order valence-corrected chi connectivity index (χ0v) is 8.45. The van der Waals surface area contributed by atoms with Crippen molar-refractivity contribution in [2.24, 2.45) is 5.73 Å². The molecular formula is C9H12FN3O2. The van der Waals surface area contributed by atoms with Gasteiger partial charge >= 0.3 is 0 Å². The van der Waals surface area contributed by atoms with Crippen LogP contribution in [0, 0.1) is 5.82 Å². The predicted octanol–water partition coefficient (Wildman–Crippen LogP) is 0.689. The number of hydrogen-bond acceptors (Lipinski definition) is 4. The molecular weight excluding hydrogens is 201 g/mol. The molecule has 0 aliphatic carbocycles. The number of ether oxygens (including phenoxy) is 1. The van der Waals surface area contributed by atoms with Crippen LogP contribution in [-0.2, 0) is 0 Å². The average molecular weight is 213 g/mol. The van der Waals surface area contributed by atoms with E-state index in [1.807, 2.05) is 0 Å². The predicted molar refractivity (Wildman–Crippen MR) is 52.9 cm³/mol. The largest absolute Gasteiger partial charge is 0.474 e. The molecule has 6 heteroatoms. The van der Waals surface area contributed by atoms with Crippen LogP contribution >= 0.6 is 0 Å². The minimum atomic E-state index is -0.808. The van der Waals surface area contributed by atoms with Gasteiger partial charge in [0.15, 0.2) is 11.6 Å². The summed E-state index contributed by atoms with van der Waals surface area (Å²) in [5, 5.41) is 0. The summed E-state index contributed by atoms with van der Waals surface area (Å²) in [4.78, 5) is 14.6. The van der Waals surface area contributed by atoms with Gasteiger partial charge in [-0.2, -0.15) is 4.98 Å². The molecule has 0 aliphatic heterocycles. The Kier molecular flexibility index (Phi) is 3.08. The molecule has 5 nitrogen and oxygen atoms in total. The lowest BCUT2D eigenvalue weighted by atomic mass is 10.2. The molecule has 0 unspecified atom stereocenters. The van der Waals surface area contributed by atoms with Crippen LogP contribution in [0.5, 0.6) is 5.88 Å². The monoisotopic (exact) mass is 213 g/mol. The molecule has 0 bridgehead atoms. The van der Waals surface area contributed by atoms with Gasteiger partial charge in [-0.1, -0.05) is 0 Å². The molecule has 0 saturated heterocycles. The number of halogens is 1. The Balaban J connectivity index is 3.22. The molecule has 82 valence electrons. The summed E-state index contributed by atoms with van der Waals surface area (Å²) in [6.45, 7) is 3.48.